The molecule has 2 aliphatic heterocycles. The Kier molecular flexibility index (Phi) is 6.07. The lowest BCUT2D eigenvalue weighted by atomic mass is 10.0. The van der Waals surface area contributed by atoms with Crippen molar-refractivity contribution < 1.29 is 23.1 Å². The lowest BCUT2D eigenvalue weighted by molar-refractivity contribution is -0.137. The van der Waals surface area contributed by atoms with Crippen LogP contribution in [-0.4, -0.2) is 62.8 Å². The number of hydrogen-bond donors (Lipinski definition) is 1. The van der Waals surface area contributed by atoms with Gasteiger partial charge in [-0.3, -0.25) is 4.79 Å². The maximum Gasteiger partial charge on any atom is 0.416 e. The van der Waals surface area contributed by atoms with E-state index in [1.165, 1.54) is 29.7 Å². The first kappa shape index (κ1) is 21.8. The van der Waals surface area contributed by atoms with E-state index < -0.39 is 18.3 Å². The van der Waals surface area contributed by atoms with Crippen molar-refractivity contribution in [1.82, 2.24) is 19.6 Å². The highest BCUT2D eigenvalue weighted by atomic mass is 19.4. The van der Waals surface area contributed by atoms with Crippen LogP contribution in [-0.2, 0) is 12.8 Å². The molecule has 1 N–H and O–H groups in total. The van der Waals surface area contributed by atoms with Gasteiger partial charge in [0.25, 0.3) is 5.91 Å². The van der Waals surface area contributed by atoms with Gasteiger partial charge < -0.3 is 14.9 Å². The number of nitrogens with zero attached hydrogens (tertiary/aromatic N) is 4. The minimum Gasteiger partial charge on any atom is -0.390 e. The number of rotatable bonds is 4. The molecule has 0 bridgehead atoms. The molecule has 0 unspecified atom stereocenters. The monoisotopic (exact) mass is 436 g/mol. The molecule has 0 radical (unpaired) electrons. The summed E-state index contributed by atoms with van der Waals surface area (Å²) < 4.78 is 40.6. The molecule has 6 nitrogen and oxygen atoms in total. The van der Waals surface area contributed by atoms with Crippen molar-refractivity contribution in [2.24, 2.45) is 0 Å². The van der Waals surface area contributed by atoms with Crippen molar-refractivity contribution in [1.29, 1.82) is 0 Å². The number of hydrogen-bond acceptors (Lipinski definition) is 4. The summed E-state index contributed by atoms with van der Waals surface area (Å²) in [6.07, 6.45) is -0.224. The largest absolute Gasteiger partial charge is 0.416 e. The lowest BCUT2D eigenvalue weighted by Crippen LogP contribution is -2.46. The first-order valence-corrected chi connectivity index (χ1v) is 10.7. The van der Waals surface area contributed by atoms with Gasteiger partial charge in [-0.2, -0.15) is 18.3 Å². The molecule has 168 valence electrons. The molecule has 0 atom stereocenters. The van der Waals surface area contributed by atoms with Gasteiger partial charge in [0.1, 0.15) is 0 Å². The van der Waals surface area contributed by atoms with Gasteiger partial charge in [0, 0.05) is 19.1 Å². The van der Waals surface area contributed by atoms with Crippen LogP contribution >= 0.6 is 0 Å². The summed E-state index contributed by atoms with van der Waals surface area (Å²) >= 11 is 0. The number of halogens is 3. The molecule has 2 saturated heterocycles. The summed E-state index contributed by atoms with van der Waals surface area (Å²) in [4.78, 5) is 17.5. The van der Waals surface area contributed by atoms with Gasteiger partial charge in [0.05, 0.1) is 34.8 Å². The SMILES string of the molecule is Cc1nn(-c2cccc(C(F)(F)F)c2)c(CO)c1C(=O)N1CCC(N2CCCC2)CC1. The summed E-state index contributed by atoms with van der Waals surface area (Å²) in [5, 5.41) is 14.3. The fourth-order valence-electron chi connectivity index (χ4n) is 4.73. The number of aryl methyl sites for hydroxylation is 1. The van der Waals surface area contributed by atoms with Gasteiger partial charge in [-0.15, -0.1) is 0 Å². The van der Waals surface area contributed by atoms with E-state index in [1.54, 1.807) is 11.8 Å². The summed E-state index contributed by atoms with van der Waals surface area (Å²) in [5.41, 5.74) is 0.240. The van der Waals surface area contributed by atoms with Gasteiger partial charge in [0.2, 0.25) is 0 Å². The molecule has 3 heterocycles. The lowest BCUT2D eigenvalue weighted by Gasteiger charge is -2.36. The second kappa shape index (κ2) is 8.63. The average Bonchev–Trinajstić information content (AvgIpc) is 3.41. The molecule has 1 aromatic heterocycles. The number of carbonyl (C=O) groups excluding carboxylic acids is 1. The third-order valence-corrected chi connectivity index (χ3v) is 6.35. The molecule has 2 aromatic rings. The Morgan fingerprint density at radius 2 is 1.84 bits per heavy atom. The first-order valence-electron chi connectivity index (χ1n) is 10.7. The van der Waals surface area contributed by atoms with Crippen molar-refractivity contribution in [3.8, 4) is 5.69 Å². The Hall–Kier alpha value is -2.39. The number of aromatic nitrogens is 2. The highest BCUT2D eigenvalue weighted by molar-refractivity contribution is 5.96. The molecule has 0 saturated carbocycles. The van der Waals surface area contributed by atoms with Crippen LogP contribution < -0.4 is 0 Å². The maximum atomic E-state index is 13.3. The van der Waals surface area contributed by atoms with Gasteiger partial charge in [-0.25, -0.2) is 4.68 Å². The van der Waals surface area contributed by atoms with Crippen LogP contribution in [0.3, 0.4) is 0 Å². The molecular formula is C22H27F3N4O2. The number of alkyl halides is 3. The summed E-state index contributed by atoms with van der Waals surface area (Å²) in [6, 6.07) is 5.23. The van der Waals surface area contributed by atoms with E-state index >= 15 is 0 Å². The Bertz CT molecular complexity index is 943. The fraction of sp³-hybridized carbons (Fsp3) is 0.545. The van der Waals surface area contributed by atoms with E-state index in [1.807, 2.05) is 0 Å². The third kappa shape index (κ3) is 4.34. The van der Waals surface area contributed by atoms with Crippen LogP contribution in [0.4, 0.5) is 13.2 Å². The van der Waals surface area contributed by atoms with Crippen molar-refractivity contribution in [2.45, 2.75) is 51.4 Å². The molecule has 31 heavy (non-hydrogen) atoms. The van der Waals surface area contributed by atoms with Crippen molar-refractivity contribution in [3.05, 3.63) is 46.8 Å². The summed E-state index contributed by atoms with van der Waals surface area (Å²) in [7, 11) is 0. The smallest absolute Gasteiger partial charge is 0.390 e. The predicted molar refractivity (Wildman–Crippen MR) is 109 cm³/mol. The first-order chi connectivity index (χ1) is 14.8. The Balaban J connectivity index is 1.57. The highest BCUT2D eigenvalue weighted by Crippen LogP contribution is 2.31. The minimum absolute atomic E-state index is 0.161. The highest BCUT2D eigenvalue weighted by Gasteiger charge is 2.33. The summed E-state index contributed by atoms with van der Waals surface area (Å²) in [5.74, 6) is -0.223. The van der Waals surface area contributed by atoms with Gasteiger partial charge in [0.15, 0.2) is 0 Å². The van der Waals surface area contributed by atoms with Crippen LogP contribution in [0.1, 0.15) is 53.0 Å². The molecule has 1 amide bonds. The van der Waals surface area contributed by atoms with Gasteiger partial charge in [-0.05, 0) is 63.9 Å². The van der Waals surface area contributed by atoms with Gasteiger partial charge >= 0.3 is 6.18 Å². The summed E-state index contributed by atoms with van der Waals surface area (Å²) in [6.45, 7) is 4.64. The zero-order valence-electron chi connectivity index (χ0n) is 17.5. The van der Waals surface area contributed by atoms with Gasteiger partial charge in [-0.1, -0.05) is 6.07 Å². The van der Waals surface area contributed by atoms with E-state index in [-0.39, 0.29) is 22.9 Å². The molecule has 1 aromatic carbocycles. The van der Waals surface area contributed by atoms with Crippen LogP contribution in [0.15, 0.2) is 24.3 Å². The number of carbonyl (C=O) groups is 1. The molecule has 4 rings (SSSR count). The molecule has 9 heteroatoms. The number of aliphatic hydroxyl groups excluding tert-OH is 1. The molecule has 0 spiro atoms. The second-order valence-corrected chi connectivity index (χ2v) is 8.29. The normalized spacial score (nSPS) is 18.7. The van der Waals surface area contributed by atoms with E-state index in [0.717, 1.165) is 38.1 Å². The quantitative estimate of drug-likeness (QED) is 0.798. The Labute approximate surface area is 179 Å². The molecule has 0 aliphatic carbocycles. The number of piperidine rings is 1. The molecule has 2 fully saturated rings. The standard InChI is InChI=1S/C22H27F3N4O2/c1-15-20(21(31)28-11-7-17(8-12-28)27-9-2-3-10-27)19(14-30)29(26-15)18-6-4-5-16(13-18)22(23,24)25/h4-6,13,17,30H,2-3,7-12,14H2,1H3. The fourth-order valence-corrected chi connectivity index (χ4v) is 4.73. The third-order valence-electron chi connectivity index (χ3n) is 6.35. The predicted octanol–water partition coefficient (Wildman–Crippen LogP) is 3.39. The van der Waals surface area contributed by atoms with Crippen LogP contribution in [0.25, 0.3) is 5.69 Å². The Morgan fingerprint density at radius 1 is 1.16 bits per heavy atom. The minimum atomic E-state index is -4.49. The van der Waals surface area contributed by atoms with Crippen molar-refractivity contribution in [2.75, 3.05) is 26.2 Å². The van der Waals surface area contributed by atoms with Crippen molar-refractivity contribution in [3.63, 3.8) is 0 Å². The topological polar surface area (TPSA) is 61.6 Å². The molecular weight excluding hydrogens is 409 g/mol. The molecule has 2 aliphatic rings. The zero-order valence-corrected chi connectivity index (χ0v) is 17.5. The van der Waals surface area contributed by atoms with E-state index in [2.05, 4.69) is 10.00 Å². The number of amides is 1. The van der Waals surface area contributed by atoms with Crippen molar-refractivity contribution >= 4 is 5.91 Å². The zero-order chi connectivity index (χ0) is 22.2. The van der Waals surface area contributed by atoms with Crippen LogP contribution in [0.5, 0.6) is 0 Å². The second-order valence-electron chi connectivity index (χ2n) is 8.29. The number of benzene rings is 1. The van der Waals surface area contributed by atoms with Crippen LogP contribution in [0.2, 0.25) is 0 Å². The maximum absolute atomic E-state index is 13.3. The average molecular weight is 436 g/mol. The van der Waals surface area contributed by atoms with Crippen LogP contribution in [0, 0.1) is 6.92 Å². The van der Waals surface area contributed by atoms with E-state index in [9.17, 15) is 23.1 Å². The van der Waals surface area contributed by atoms with E-state index in [4.69, 9.17) is 0 Å². The van der Waals surface area contributed by atoms with E-state index in [0.29, 0.717) is 24.8 Å². The number of aliphatic hydroxyl groups is 1. The number of likely N-dealkylation sites (tertiary alicyclic amines) is 2. The Morgan fingerprint density at radius 3 is 2.45 bits per heavy atom.